The molecule has 0 aliphatic carbocycles. The second-order valence-electron chi connectivity index (χ2n) is 2.17. The van der Waals surface area contributed by atoms with Gasteiger partial charge in [0.15, 0.2) is 11.6 Å². The van der Waals surface area contributed by atoms with E-state index in [1.807, 2.05) is 0 Å². The maximum Gasteiger partial charge on any atom is 0.282 e. The molecule has 1 rings (SSSR count). The maximum atomic E-state index is 12.1. The van der Waals surface area contributed by atoms with Crippen LogP contribution in [0.1, 0.15) is 12.1 Å². The predicted molar refractivity (Wildman–Crippen MR) is 39.7 cm³/mol. The Morgan fingerprint density at radius 3 is 2.50 bits per heavy atom. The van der Waals surface area contributed by atoms with Crippen molar-refractivity contribution in [2.75, 3.05) is 11.5 Å². The highest BCUT2D eigenvalue weighted by Gasteiger charge is 2.15. The molecule has 12 heavy (non-hydrogen) atoms. The molecule has 0 aliphatic rings. The van der Waals surface area contributed by atoms with Crippen molar-refractivity contribution in [1.82, 2.24) is 4.98 Å². The first-order valence-corrected chi connectivity index (χ1v) is 3.05. The lowest BCUT2D eigenvalue weighted by atomic mass is 10.3. The lowest BCUT2D eigenvalue weighted by molar-refractivity contribution is 0.147. The Labute approximate surface area is 66.8 Å². The Bertz CT molecular complexity index is 303. The van der Waals surface area contributed by atoms with Gasteiger partial charge in [-0.05, 0) is 0 Å². The number of nitrogens with zero attached hydrogens (tertiary/aromatic N) is 1. The second-order valence-corrected chi connectivity index (χ2v) is 2.17. The predicted octanol–water partition coefficient (Wildman–Crippen LogP) is 0.889. The molecule has 0 amide bonds. The Kier molecular flexibility index (Phi) is 1.99. The summed E-state index contributed by atoms with van der Waals surface area (Å²) in [4.78, 5) is 3.22. The molecule has 0 spiro atoms. The second kappa shape index (κ2) is 2.80. The average Bonchev–Trinajstić information content (AvgIpc) is 1.96. The van der Waals surface area contributed by atoms with Gasteiger partial charge in [0.25, 0.3) is 6.43 Å². The van der Waals surface area contributed by atoms with Gasteiger partial charge in [-0.3, -0.25) is 0 Å². The maximum absolute atomic E-state index is 12.1. The molecule has 0 fully saturated rings. The minimum Gasteiger partial charge on any atom is -0.504 e. The van der Waals surface area contributed by atoms with Gasteiger partial charge in [0, 0.05) is 6.07 Å². The van der Waals surface area contributed by atoms with Gasteiger partial charge < -0.3 is 16.6 Å². The van der Waals surface area contributed by atoms with Crippen LogP contribution in [0.3, 0.4) is 0 Å². The van der Waals surface area contributed by atoms with E-state index >= 15 is 0 Å². The first-order chi connectivity index (χ1) is 5.52. The van der Waals surface area contributed by atoms with Gasteiger partial charge in [0.2, 0.25) is 0 Å². The third-order valence-corrected chi connectivity index (χ3v) is 1.30. The molecular weight excluding hydrogens is 168 g/mol. The number of pyridine rings is 1. The van der Waals surface area contributed by atoms with E-state index in [9.17, 15) is 8.78 Å². The largest absolute Gasteiger partial charge is 0.504 e. The van der Waals surface area contributed by atoms with E-state index < -0.39 is 17.9 Å². The average molecular weight is 175 g/mol. The quantitative estimate of drug-likeness (QED) is 0.591. The molecule has 0 saturated heterocycles. The topological polar surface area (TPSA) is 85.2 Å². The summed E-state index contributed by atoms with van der Waals surface area (Å²) in [7, 11) is 0. The van der Waals surface area contributed by atoms with Crippen molar-refractivity contribution < 1.29 is 13.9 Å². The van der Waals surface area contributed by atoms with Gasteiger partial charge >= 0.3 is 0 Å². The van der Waals surface area contributed by atoms with Gasteiger partial charge in [0.1, 0.15) is 5.69 Å². The molecule has 0 aliphatic heterocycles. The third kappa shape index (κ3) is 1.36. The fraction of sp³-hybridized carbons (Fsp3) is 0.167. The molecule has 1 heterocycles. The molecule has 0 radical (unpaired) electrons. The summed E-state index contributed by atoms with van der Waals surface area (Å²) in [6.07, 6.45) is -2.78. The van der Waals surface area contributed by atoms with Crippen molar-refractivity contribution in [2.45, 2.75) is 6.43 Å². The highest BCUT2D eigenvalue weighted by Crippen LogP contribution is 2.28. The normalized spacial score (nSPS) is 10.6. The van der Waals surface area contributed by atoms with Crippen molar-refractivity contribution >= 4 is 11.5 Å². The smallest absolute Gasteiger partial charge is 0.282 e. The van der Waals surface area contributed by atoms with Crippen LogP contribution in [0.2, 0.25) is 0 Å². The Morgan fingerprint density at radius 1 is 1.42 bits per heavy atom. The molecule has 0 saturated carbocycles. The molecule has 4 nitrogen and oxygen atoms in total. The highest BCUT2D eigenvalue weighted by molar-refractivity contribution is 5.57. The van der Waals surface area contributed by atoms with E-state index in [4.69, 9.17) is 16.6 Å². The van der Waals surface area contributed by atoms with E-state index in [0.717, 1.165) is 6.07 Å². The first-order valence-electron chi connectivity index (χ1n) is 3.05. The van der Waals surface area contributed by atoms with Crippen LogP contribution in [0.15, 0.2) is 6.07 Å². The standard InChI is InChI=1S/C6H7F2N3O/c7-5(8)4-2(9)1-3(12)6(10)11-4/h1,5,12H,9H2,(H2,10,11). The fourth-order valence-electron chi connectivity index (χ4n) is 0.722. The SMILES string of the molecule is Nc1cc(O)c(N)nc1C(F)F. The van der Waals surface area contributed by atoms with Gasteiger partial charge in [-0.15, -0.1) is 0 Å². The first kappa shape index (κ1) is 8.51. The van der Waals surface area contributed by atoms with Gasteiger partial charge in [-0.25, -0.2) is 13.8 Å². The molecule has 0 bridgehead atoms. The summed E-state index contributed by atoms with van der Waals surface area (Å²) in [5.74, 6) is -0.739. The zero-order chi connectivity index (χ0) is 9.30. The van der Waals surface area contributed by atoms with Crippen molar-refractivity contribution in [2.24, 2.45) is 0 Å². The number of nitrogen functional groups attached to an aromatic ring is 2. The van der Waals surface area contributed by atoms with Gasteiger partial charge in [-0.1, -0.05) is 0 Å². The van der Waals surface area contributed by atoms with Crippen molar-refractivity contribution in [3.8, 4) is 5.75 Å². The van der Waals surface area contributed by atoms with Gasteiger partial charge in [0.05, 0.1) is 5.69 Å². The number of nitrogens with two attached hydrogens (primary N) is 2. The molecular formula is C6H7F2N3O. The summed E-state index contributed by atoms with van der Waals surface area (Å²) in [5, 5.41) is 8.89. The van der Waals surface area contributed by atoms with Crippen LogP contribution in [0.4, 0.5) is 20.3 Å². The number of alkyl halides is 2. The van der Waals surface area contributed by atoms with Crippen LogP contribution in [0, 0.1) is 0 Å². The van der Waals surface area contributed by atoms with Crippen LogP contribution in [0.5, 0.6) is 5.75 Å². The summed E-state index contributed by atoms with van der Waals surface area (Å²) < 4.78 is 24.1. The number of hydrogen-bond donors (Lipinski definition) is 3. The number of rotatable bonds is 1. The molecule has 66 valence electrons. The lowest BCUT2D eigenvalue weighted by Gasteiger charge is -2.05. The number of halogens is 2. The van der Waals surface area contributed by atoms with Crippen LogP contribution in [-0.2, 0) is 0 Å². The minimum absolute atomic E-state index is 0.267. The monoisotopic (exact) mass is 175 g/mol. The van der Waals surface area contributed by atoms with Gasteiger partial charge in [-0.2, -0.15) is 0 Å². The third-order valence-electron chi connectivity index (χ3n) is 1.30. The number of hydrogen-bond acceptors (Lipinski definition) is 4. The van der Waals surface area contributed by atoms with Crippen LogP contribution in [-0.4, -0.2) is 10.1 Å². The molecule has 0 atom stereocenters. The molecule has 0 unspecified atom stereocenters. The molecule has 6 heteroatoms. The van der Waals surface area contributed by atoms with Crippen LogP contribution >= 0.6 is 0 Å². The van der Waals surface area contributed by atoms with Crippen LogP contribution in [0.25, 0.3) is 0 Å². The van der Waals surface area contributed by atoms with E-state index in [1.54, 1.807) is 0 Å². The molecule has 5 N–H and O–H groups in total. The number of aromatic nitrogens is 1. The summed E-state index contributed by atoms with van der Waals surface area (Å²) in [5.41, 5.74) is 9.34. The van der Waals surface area contributed by atoms with Crippen LogP contribution < -0.4 is 11.5 Å². The summed E-state index contributed by atoms with van der Waals surface area (Å²) >= 11 is 0. The molecule has 0 aromatic carbocycles. The summed E-state index contributed by atoms with van der Waals surface area (Å²) in [6, 6.07) is 0.948. The Hall–Kier alpha value is -1.59. The van der Waals surface area contributed by atoms with Crippen molar-refractivity contribution in [3.05, 3.63) is 11.8 Å². The van der Waals surface area contributed by atoms with E-state index in [-0.39, 0.29) is 11.5 Å². The van der Waals surface area contributed by atoms with Crippen molar-refractivity contribution in [3.63, 3.8) is 0 Å². The van der Waals surface area contributed by atoms with E-state index in [1.165, 1.54) is 0 Å². The Morgan fingerprint density at radius 2 is 2.00 bits per heavy atom. The lowest BCUT2D eigenvalue weighted by Crippen LogP contribution is -2.01. The highest BCUT2D eigenvalue weighted by atomic mass is 19.3. The van der Waals surface area contributed by atoms with E-state index in [0.29, 0.717) is 0 Å². The van der Waals surface area contributed by atoms with E-state index in [2.05, 4.69) is 4.98 Å². The zero-order valence-electron chi connectivity index (χ0n) is 5.96. The minimum atomic E-state index is -2.78. The molecule has 1 aromatic rings. The molecule has 1 aromatic heterocycles. The van der Waals surface area contributed by atoms with Crippen molar-refractivity contribution in [1.29, 1.82) is 0 Å². The summed E-state index contributed by atoms with van der Waals surface area (Å²) in [6.45, 7) is 0. The Balaban J connectivity index is 3.23. The zero-order valence-corrected chi connectivity index (χ0v) is 5.96. The number of aromatic hydroxyl groups is 1. The fourth-order valence-corrected chi connectivity index (χ4v) is 0.722. The number of anilines is 2.